The zero-order valence-electron chi connectivity index (χ0n) is 9.91. The number of aryl methyl sites for hydroxylation is 1. The fourth-order valence-electron chi connectivity index (χ4n) is 2.10. The smallest absolute Gasteiger partial charge is 0.106 e. The number of hydrogen-bond acceptors (Lipinski definition) is 3. The van der Waals surface area contributed by atoms with Gasteiger partial charge >= 0.3 is 0 Å². The Morgan fingerprint density at radius 1 is 1.56 bits per heavy atom. The molecule has 4 heteroatoms. The summed E-state index contributed by atoms with van der Waals surface area (Å²) in [5, 5.41) is 3.55. The summed E-state index contributed by atoms with van der Waals surface area (Å²) in [6.07, 6.45) is 8.71. The molecule has 4 nitrogen and oxygen atoms in total. The highest BCUT2D eigenvalue weighted by Gasteiger charge is 2.28. The van der Waals surface area contributed by atoms with Gasteiger partial charge in [-0.3, -0.25) is 0 Å². The van der Waals surface area contributed by atoms with Gasteiger partial charge < -0.3 is 15.0 Å². The zero-order valence-corrected chi connectivity index (χ0v) is 9.91. The van der Waals surface area contributed by atoms with Gasteiger partial charge in [0.2, 0.25) is 0 Å². The largest absolute Gasteiger partial charge is 0.378 e. The van der Waals surface area contributed by atoms with Crippen LogP contribution in [0.2, 0.25) is 0 Å². The molecule has 0 radical (unpaired) electrons. The Balaban J connectivity index is 1.47. The molecule has 0 spiro atoms. The van der Waals surface area contributed by atoms with E-state index in [9.17, 15) is 0 Å². The molecule has 0 amide bonds. The number of ether oxygens (including phenoxy) is 1. The molecule has 1 heterocycles. The van der Waals surface area contributed by atoms with Gasteiger partial charge in [0.1, 0.15) is 5.82 Å². The molecule has 0 bridgehead atoms. The van der Waals surface area contributed by atoms with Gasteiger partial charge in [0.05, 0.1) is 6.10 Å². The van der Waals surface area contributed by atoms with Gasteiger partial charge in [-0.05, 0) is 32.7 Å². The van der Waals surface area contributed by atoms with Crippen LogP contribution in [0.1, 0.15) is 32.0 Å². The Labute approximate surface area is 96.8 Å². The molecule has 0 atom stereocenters. The first kappa shape index (κ1) is 11.6. The van der Waals surface area contributed by atoms with Crippen LogP contribution in [-0.2, 0) is 11.2 Å². The minimum atomic E-state index is 0.507. The summed E-state index contributed by atoms with van der Waals surface area (Å²) in [4.78, 5) is 7.32. The van der Waals surface area contributed by atoms with Crippen LogP contribution in [0, 0.1) is 0 Å². The SMILES string of the molecule is CCOC1CC(NCCCc2ncc[nH]2)C1. The van der Waals surface area contributed by atoms with Crippen molar-refractivity contribution in [1.82, 2.24) is 15.3 Å². The molecule has 90 valence electrons. The van der Waals surface area contributed by atoms with Gasteiger partial charge in [-0.1, -0.05) is 0 Å². The molecule has 1 aliphatic rings. The molecule has 0 unspecified atom stereocenters. The maximum Gasteiger partial charge on any atom is 0.106 e. The Morgan fingerprint density at radius 2 is 2.44 bits per heavy atom. The van der Waals surface area contributed by atoms with Gasteiger partial charge in [-0.2, -0.15) is 0 Å². The fraction of sp³-hybridized carbons (Fsp3) is 0.750. The fourth-order valence-corrected chi connectivity index (χ4v) is 2.10. The van der Waals surface area contributed by atoms with Crippen molar-refractivity contribution in [3.8, 4) is 0 Å². The van der Waals surface area contributed by atoms with Crippen LogP contribution < -0.4 is 5.32 Å². The van der Waals surface area contributed by atoms with Crippen molar-refractivity contribution in [2.45, 2.75) is 44.8 Å². The molecule has 0 saturated heterocycles. The maximum absolute atomic E-state index is 5.52. The van der Waals surface area contributed by atoms with E-state index in [2.05, 4.69) is 22.2 Å². The van der Waals surface area contributed by atoms with Gasteiger partial charge in [-0.15, -0.1) is 0 Å². The molecule has 1 aliphatic carbocycles. The van der Waals surface area contributed by atoms with E-state index in [-0.39, 0.29) is 0 Å². The first-order valence-corrected chi connectivity index (χ1v) is 6.21. The van der Waals surface area contributed by atoms with E-state index < -0.39 is 0 Å². The highest BCUT2D eigenvalue weighted by molar-refractivity contribution is 4.88. The molecule has 1 aromatic heterocycles. The lowest BCUT2D eigenvalue weighted by molar-refractivity contribution is -0.00973. The Bertz CT molecular complexity index is 280. The maximum atomic E-state index is 5.52. The van der Waals surface area contributed by atoms with Crippen LogP contribution in [0.3, 0.4) is 0 Å². The zero-order chi connectivity index (χ0) is 11.2. The van der Waals surface area contributed by atoms with Gasteiger partial charge in [-0.25, -0.2) is 4.98 Å². The lowest BCUT2D eigenvalue weighted by Gasteiger charge is -2.35. The van der Waals surface area contributed by atoms with E-state index in [4.69, 9.17) is 4.74 Å². The Morgan fingerprint density at radius 3 is 3.12 bits per heavy atom. The number of nitrogens with zero attached hydrogens (tertiary/aromatic N) is 1. The average Bonchev–Trinajstić information content (AvgIpc) is 2.72. The number of aromatic amines is 1. The second-order valence-corrected chi connectivity index (χ2v) is 4.34. The van der Waals surface area contributed by atoms with Crippen molar-refractivity contribution in [2.75, 3.05) is 13.2 Å². The third-order valence-electron chi connectivity index (χ3n) is 3.08. The average molecular weight is 223 g/mol. The van der Waals surface area contributed by atoms with Crippen LogP contribution in [0.15, 0.2) is 12.4 Å². The van der Waals surface area contributed by atoms with Crippen LogP contribution in [-0.4, -0.2) is 35.3 Å². The minimum absolute atomic E-state index is 0.507. The van der Waals surface area contributed by atoms with E-state index in [1.807, 2.05) is 6.20 Å². The summed E-state index contributed by atoms with van der Waals surface area (Å²) in [5.41, 5.74) is 0. The summed E-state index contributed by atoms with van der Waals surface area (Å²) in [6.45, 7) is 3.98. The van der Waals surface area contributed by atoms with Crippen LogP contribution in [0.25, 0.3) is 0 Å². The lowest BCUT2D eigenvalue weighted by atomic mass is 9.89. The molecule has 2 rings (SSSR count). The summed E-state index contributed by atoms with van der Waals surface area (Å²) >= 11 is 0. The molecule has 1 fully saturated rings. The third kappa shape index (κ3) is 3.32. The van der Waals surface area contributed by atoms with Crippen LogP contribution >= 0.6 is 0 Å². The quantitative estimate of drug-likeness (QED) is 0.689. The summed E-state index contributed by atoms with van der Waals surface area (Å²) in [7, 11) is 0. The summed E-state index contributed by atoms with van der Waals surface area (Å²) in [5.74, 6) is 1.09. The highest BCUT2D eigenvalue weighted by atomic mass is 16.5. The molecule has 2 N–H and O–H groups in total. The van der Waals surface area contributed by atoms with Crippen molar-refractivity contribution in [3.05, 3.63) is 18.2 Å². The van der Waals surface area contributed by atoms with Gasteiger partial charge in [0.15, 0.2) is 0 Å². The van der Waals surface area contributed by atoms with E-state index in [0.29, 0.717) is 12.1 Å². The second kappa shape index (κ2) is 6.01. The van der Waals surface area contributed by atoms with Gasteiger partial charge in [0.25, 0.3) is 0 Å². The Hall–Kier alpha value is -0.870. The molecule has 1 aromatic rings. The normalized spacial score (nSPS) is 24.3. The number of nitrogens with one attached hydrogen (secondary N) is 2. The number of H-pyrrole nitrogens is 1. The van der Waals surface area contributed by atoms with Crippen LogP contribution in [0.4, 0.5) is 0 Å². The van der Waals surface area contributed by atoms with Crippen molar-refractivity contribution in [3.63, 3.8) is 0 Å². The van der Waals surface area contributed by atoms with E-state index in [0.717, 1.165) is 31.8 Å². The topological polar surface area (TPSA) is 49.9 Å². The monoisotopic (exact) mass is 223 g/mol. The summed E-state index contributed by atoms with van der Waals surface area (Å²) in [6, 6.07) is 0.674. The van der Waals surface area contributed by atoms with Crippen LogP contribution in [0.5, 0.6) is 0 Å². The first-order chi connectivity index (χ1) is 7.88. The van der Waals surface area contributed by atoms with E-state index in [1.54, 1.807) is 6.20 Å². The number of hydrogen-bond donors (Lipinski definition) is 2. The van der Waals surface area contributed by atoms with Crippen molar-refractivity contribution < 1.29 is 4.74 Å². The lowest BCUT2D eigenvalue weighted by Crippen LogP contribution is -2.45. The molecule has 1 saturated carbocycles. The van der Waals surface area contributed by atoms with Gasteiger partial charge in [0, 0.05) is 31.5 Å². The molecule has 16 heavy (non-hydrogen) atoms. The Kier molecular flexibility index (Phi) is 4.36. The van der Waals surface area contributed by atoms with Crippen molar-refractivity contribution in [1.29, 1.82) is 0 Å². The van der Waals surface area contributed by atoms with Crippen molar-refractivity contribution in [2.24, 2.45) is 0 Å². The van der Waals surface area contributed by atoms with E-state index in [1.165, 1.54) is 12.8 Å². The second-order valence-electron chi connectivity index (χ2n) is 4.34. The number of aromatic nitrogens is 2. The van der Waals surface area contributed by atoms with Crippen molar-refractivity contribution >= 4 is 0 Å². The predicted octanol–water partition coefficient (Wildman–Crippen LogP) is 1.50. The molecule has 0 aromatic carbocycles. The predicted molar refractivity (Wildman–Crippen MR) is 63.3 cm³/mol. The molecular formula is C12H21N3O. The molecule has 0 aliphatic heterocycles. The highest BCUT2D eigenvalue weighted by Crippen LogP contribution is 2.22. The first-order valence-electron chi connectivity index (χ1n) is 6.21. The summed E-state index contributed by atoms with van der Waals surface area (Å²) < 4.78 is 5.52. The third-order valence-corrected chi connectivity index (χ3v) is 3.08. The van der Waals surface area contributed by atoms with E-state index >= 15 is 0 Å². The number of imidazole rings is 1. The standard InChI is InChI=1S/C12H21N3O/c1-2-16-11-8-10(9-11)13-5-3-4-12-14-6-7-15-12/h6-7,10-11,13H,2-5,8-9H2,1H3,(H,14,15). The minimum Gasteiger partial charge on any atom is -0.378 e. The number of rotatable bonds is 7. The molecular weight excluding hydrogens is 202 g/mol.